The summed E-state index contributed by atoms with van der Waals surface area (Å²) in [7, 11) is 4.85. The van der Waals surface area contributed by atoms with Crippen molar-refractivity contribution in [3.05, 3.63) is 29.8 Å². The lowest BCUT2D eigenvalue weighted by atomic mass is 9.43. The molecular weight excluding hydrogens is 516 g/mol. The molecule has 0 aromatic heterocycles. The number of carbonyl (C=O) groups excluding carboxylic acids is 1. The van der Waals surface area contributed by atoms with Gasteiger partial charge in [0.05, 0.1) is 29.9 Å². The molecule has 5 aliphatic carbocycles. The quantitative estimate of drug-likeness (QED) is 0.294. The first kappa shape index (κ1) is 27.1. The first-order chi connectivity index (χ1) is 19.0. The zero-order valence-electron chi connectivity index (χ0n) is 23.7. The molecule has 40 heavy (non-hydrogen) atoms. The Hall–Kier alpha value is -1.79. The van der Waals surface area contributed by atoms with Crippen molar-refractivity contribution >= 4 is 11.7 Å². The monoisotopic (exact) mass is 558 g/mol. The first-order valence-corrected chi connectivity index (χ1v) is 14.6. The van der Waals surface area contributed by atoms with E-state index in [1.54, 1.807) is 45.6 Å². The number of piperidine rings is 1. The number of benzene rings is 1. The second kappa shape index (κ2) is 8.40. The van der Waals surface area contributed by atoms with Gasteiger partial charge in [-0.25, -0.2) is 4.79 Å². The number of rotatable bonds is 6. The van der Waals surface area contributed by atoms with E-state index < -0.39 is 51.9 Å². The van der Waals surface area contributed by atoms with Crippen LogP contribution < -0.4 is 5.73 Å². The highest BCUT2D eigenvalue weighted by molar-refractivity contribution is 5.95. The molecule has 1 saturated heterocycles. The standard InChI is InChI=1S/C30H42N2O8/c1-5-32-15-26(40-24(33)16-8-6-7-9-18(16)31)11-10-22(38-3)29-20-12-17-19(37-2)13-28(35,30(20,36)23(17)39-4)27(34,25(29)32)14-21(26)29/h6-9,17,19-23,25,34-36H,5,10-15,31H2,1-4H3/t17-,19+,20+,21-,22?,23?,25?,26-,27+,28+,29?,30+/m0/s1. The third-order valence-electron chi connectivity index (χ3n) is 12.4. The van der Waals surface area contributed by atoms with Gasteiger partial charge in [-0.05, 0) is 44.4 Å². The van der Waals surface area contributed by atoms with E-state index in [4.69, 9.17) is 24.7 Å². The number of hydrogen-bond donors (Lipinski definition) is 4. The number of nitrogens with zero attached hydrogens (tertiary/aromatic N) is 1. The van der Waals surface area contributed by atoms with Crippen LogP contribution in [-0.2, 0) is 18.9 Å². The predicted octanol–water partition coefficient (Wildman–Crippen LogP) is 0.960. The molecule has 0 amide bonds. The van der Waals surface area contributed by atoms with E-state index in [1.165, 1.54) is 0 Å². The third-order valence-corrected chi connectivity index (χ3v) is 12.4. The molecule has 12 atom stereocenters. The number of nitrogen functional groups attached to an aromatic ring is 1. The molecule has 220 valence electrons. The number of para-hydroxylation sites is 1. The lowest BCUT2D eigenvalue weighted by Gasteiger charge is -2.71. The maximum absolute atomic E-state index is 13.7. The van der Waals surface area contributed by atoms with Crippen LogP contribution in [0.2, 0.25) is 0 Å². The largest absolute Gasteiger partial charge is 0.454 e. The van der Waals surface area contributed by atoms with Gasteiger partial charge >= 0.3 is 5.97 Å². The molecule has 1 aliphatic heterocycles. The Kier molecular flexibility index (Phi) is 5.68. The van der Waals surface area contributed by atoms with Gasteiger partial charge in [-0.2, -0.15) is 0 Å². The zero-order chi connectivity index (χ0) is 28.5. The van der Waals surface area contributed by atoms with Gasteiger partial charge < -0.3 is 40.0 Å². The molecule has 0 radical (unpaired) electrons. The highest BCUT2D eigenvalue weighted by Gasteiger charge is 2.93. The van der Waals surface area contributed by atoms with E-state index in [0.29, 0.717) is 43.6 Å². The first-order valence-electron chi connectivity index (χ1n) is 14.6. The van der Waals surface area contributed by atoms with Gasteiger partial charge in [0.25, 0.3) is 0 Å². The minimum absolute atomic E-state index is 0.0966. The van der Waals surface area contributed by atoms with Crippen LogP contribution in [0.15, 0.2) is 24.3 Å². The van der Waals surface area contributed by atoms with Crippen LogP contribution in [0.5, 0.6) is 0 Å². The minimum Gasteiger partial charge on any atom is -0.454 e. The minimum atomic E-state index is -1.90. The number of likely N-dealkylation sites (tertiary alicyclic amines) is 1. The molecule has 4 unspecified atom stereocenters. The molecule has 6 aliphatic rings. The van der Waals surface area contributed by atoms with E-state index in [0.717, 1.165) is 0 Å². The van der Waals surface area contributed by atoms with Crippen LogP contribution in [0, 0.1) is 23.2 Å². The third kappa shape index (κ3) is 2.69. The van der Waals surface area contributed by atoms with Crippen LogP contribution in [0.4, 0.5) is 5.69 Å². The van der Waals surface area contributed by atoms with Crippen LogP contribution in [-0.4, -0.2) is 107 Å². The van der Waals surface area contributed by atoms with Crippen LogP contribution >= 0.6 is 0 Å². The highest BCUT2D eigenvalue weighted by Crippen LogP contribution is 2.80. The number of likely N-dealkylation sites (N-methyl/N-ethyl adjacent to an activating group) is 1. The zero-order valence-corrected chi connectivity index (χ0v) is 23.7. The number of carbonyl (C=O) groups is 1. The van der Waals surface area contributed by atoms with E-state index in [1.807, 2.05) is 6.92 Å². The maximum atomic E-state index is 13.7. The number of methoxy groups -OCH3 is 3. The Morgan fingerprint density at radius 3 is 2.48 bits per heavy atom. The Labute approximate surface area is 234 Å². The van der Waals surface area contributed by atoms with Gasteiger partial charge in [-0.15, -0.1) is 0 Å². The Morgan fingerprint density at radius 2 is 1.82 bits per heavy atom. The van der Waals surface area contributed by atoms with Gasteiger partial charge in [-0.1, -0.05) is 19.1 Å². The summed E-state index contributed by atoms with van der Waals surface area (Å²) in [6, 6.07) is 6.38. The number of hydrogen-bond acceptors (Lipinski definition) is 10. The summed E-state index contributed by atoms with van der Waals surface area (Å²) in [6.45, 7) is 3.01. The van der Waals surface area contributed by atoms with E-state index in [9.17, 15) is 20.1 Å². The van der Waals surface area contributed by atoms with E-state index in [-0.39, 0.29) is 36.9 Å². The molecule has 7 bridgehead atoms. The van der Waals surface area contributed by atoms with Crippen molar-refractivity contribution in [3.63, 3.8) is 0 Å². The van der Waals surface area contributed by atoms with Crippen molar-refractivity contribution < 1.29 is 39.1 Å². The van der Waals surface area contributed by atoms with Crippen molar-refractivity contribution in [1.29, 1.82) is 0 Å². The van der Waals surface area contributed by atoms with Crippen molar-refractivity contribution in [2.24, 2.45) is 23.2 Å². The molecule has 7 rings (SSSR count). The number of ether oxygens (including phenoxy) is 4. The van der Waals surface area contributed by atoms with E-state index >= 15 is 0 Å². The highest BCUT2D eigenvalue weighted by atomic mass is 16.6. The predicted molar refractivity (Wildman–Crippen MR) is 143 cm³/mol. The molecule has 1 aromatic carbocycles. The van der Waals surface area contributed by atoms with Crippen molar-refractivity contribution in [3.8, 4) is 0 Å². The maximum Gasteiger partial charge on any atom is 0.340 e. The number of aliphatic hydroxyl groups is 3. The average molecular weight is 559 g/mol. The summed E-state index contributed by atoms with van der Waals surface area (Å²) in [6.07, 6.45) is 0.509. The number of esters is 1. The van der Waals surface area contributed by atoms with Crippen LogP contribution in [0.25, 0.3) is 0 Å². The number of anilines is 1. The summed E-state index contributed by atoms with van der Waals surface area (Å²) in [4.78, 5) is 15.9. The summed E-state index contributed by atoms with van der Waals surface area (Å²) < 4.78 is 24.7. The second-order valence-electron chi connectivity index (χ2n) is 13.2. The topological polar surface area (TPSA) is 144 Å². The molecule has 10 nitrogen and oxygen atoms in total. The summed E-state index contributed by atoms with van der Waals surface area (Å²) in [5.74, 6) is -1.49. The fourth-order valence-electron chi connectivity index (χ4n) is 11.3. The molecule has 1 spiro atoms. The fraction of sp³-hybridized carbons (Fsp3) is 0.767. The normalized spacial score (nSPS) is 52.0. The molecule has 1 aromatic rings. The SMILES string of the molecule is CCN1C[C@@]2(OC(=O)c3ccccc3N)CCC(OC)C34C1[C@](O)(C[C@H]32)[C@]1(O)C[C@@H](OC)[C@@H]2C[C@H]4[C@@]1(O)C2OC. The van der Waals surface area contributed by atoms with Gasteiger partial charge in [0.15, 0.2) is 0 Å². The van der Waals surface area contributed by atoms with Gasteiger partial charge in [0.1, 0.15) is 22.4 Å². The Morgan fingerprint density at radius 1 is 1.07 bits per heavy atom. The van der Waals surface area contributed by atoms with Crippen molar-refractivity contribution in [2.75, 3.05) is 40.2 Å². The van der Waals surface area contributed by atoms with Crippen molar-refractivity contribution in [2.45, 2.75) is 85.8 Å². The Balaban J connectivity index is 1.45. The summed E-state index contributed by atoms with van der Waals surface area (Å²) >= 11 is 0. The van der Waals surface area contributed by atoms with Gasteiger partial charge in [0, 0.05) is 63.2 Å². The molecular formula is C30H42N2O8. The molecule has 10 heteroatoms. The molecule has 6 fully saturated rings. The van der Waals surface area contributed by atoms with E-state index in [2.05, 4.69) is 4.90 Å². The van der Waals surface area contributed by atoms with Crippen molar-refractivity contribution in [1.82, 2.24) is 4.90 Å². The van der Waals surface area contributed by atoms with Gasteiger partial charge in [0.2, 0.25) is 0 Å². The number of fused-ring (bicyclic) bond motifs is 2. The summed E-state index contributed by atoms with van der Waals surface area (Å²) in [5.41, 5.74) is -0.285. The molecule has 5 saturated carbocycles. The Bertz CT molecular complexity index is 1230. The molecule has 1 heterocycles. The fourth-order valence-corrected chi connectivity index (χ4v) is 11.3. The average Bonchev–Trinajstić information content (AvgIpc) is 3.32. The van der Waals surface area contributed by atoms with Crippen LogP contribution in [0.1, 0.15) is 49.4 Å². The summed E-state index contributed by atoms with van der Waals surface area (Å²) in [5, 5.41) is 38.5. The second-order valence-corrected chi connectivity index (χ2v) is 13.2. The van der Waals surface area contributed by atoms with Crippen LogP contribution in [0.3, 0.4) is 0 Å². The van der Waals surface area contributed by atoms with Gasteiger partial charge in [-0.3, -0.25) is 4.90 Å². The number of nitrogens with two attached hydrogens (primary N) is 1. The smallest absolute Gasteiger partial charge is 0.340 e. The molecule has 5 N–H and O–H groups in total. The lowest BCUT2D eigenvalue weighted by Crippen LogP contribution is -2.87. The lowest BCUT2D eigenvalue weighted by molar-refractivity contribution is -0.369.